The molecule has 0 fully saturated rings. The molecule has 2 rings (SSSR count). The van der Waals surface area contributed by atoms with Gasteiger partial charge in [0, 0.05) is 11.7 Å². The molecule has 2 aromatic rings. The van der Waals surface area contributed by atoms with E-state index >= 15 is 0 Å². The van der Waals surface area contributed by atoms with Crippen molar-refractivity contribution in [1.29, 1.82) is 5.26 Å². The molecule has 0 amide bonds. The molecular weight excluding hydrogens is 291 g/mol. The van der Waals surface area contributed by atoms with Gasteiger partial charge in [-0.1, -0.05) is 17.7 Å². The molecule has 0 aliphatic carbocycles. The van der Waals surface area contributed by atoms with Crippen molar-refractivity contribution in [3.8, 4) is 11.8 Å². The van der Waals surface area contributed by atoms with Crippen LogP contribution in [0.1, 0.15) is 18.5 Å². The molecule has 1 atom stereocenters. The second-order valence-electron chi connectivity index (χ2n) is 4.51. The highest BCUT2D eigenvalue weighted by Gasteiger charge is 2.08. The lowest BCUT2D eigenvalue weighted by atomic mass is 10.1. The lowest BCUT2D eigenvalue weighted by molar-refractivity contribution is 0.368. The van der Waals surface area contributed by atoms with E-state index in [0.717, 1.165) is 11.3 Å². The predicted molar refractivity (Wildman–Crippen MR) is 81.0 cm³/mol. The SMILES string of the molecule is CC(Nc1ccc(OCC#N)cc1)c1ccc(F)c(Cl)c1. The monoisotopic (exact) mass is 304 g/mol. The molecular formula is C16H14ClFN2O. The van der Waals surface area contributed by atoms with Gasteiger partial charge in [0.05, 0.1) is 5.02 Å². The smallest absolute Gasteiger partial charge is 0.174 e. The zero-order chi connectivity index (χ0) is 15.2. The third-order valence-electron chi connectivity index (χ3n) is 2.98. The fourth-order valence-electron chi connectivity index (χ4n) is 1.88. The molecule has 2 aromatic carbocycles. The van der Waals surface area contributed by atoms with Crippen molar-refractivity contribution in [2.75, 3.05) is 11.9 Å². The standard InChI is InChI=1S/C16H14ClFN2O/c1-11(12-2-7-16(18)15(17)10-12)20-13-3-5-14(6-4-13)21-9-8-19/h2-7,10-11,20H,9H2,1H3. The van der Waals surface area contributed by atoms with Crippen molar-refractivity contribution < 1.29 is 9.13 Å². The Bertz CT molecular complexity index is 652. The third-order valence-corrected chi connectivity index (χ3v) is 3.27. The van der Waals surface area contributed by atoms with Crippen LogP contribution in [-0.4, -0.2) is 6.61 Å². The van der Waals surface area contributed by atoms with Crippen LogP contribution in [0.2, 0.25) is 5.02 Å². The molecule has 0 heterocycles. The highest BCUT2D eigenvalue weighted by atomic mass is 35.5. The first kappa shape index (κ1) is 15.1. The summed E-state index contributed by atoms with van der Waals surface area (Å²) in [4.78, 5) is 0. The van der Waals surface area contributed by atoms with Crippen LogP contribution in [-0.2, 0) is 0 Å². The molecule has 0 saturated carbocycles. The van der Waals surface area contributed by atoms with Crippen molar-refractivity contribution in [3.05, 3.63) is 58.9 Å². The summed E-state index contributed by atoms with van der Waals surface area (Å²) in [5, 5.41) is 11.8. The first-order valence-corrected chi connectivity index (χ1v) is 6.79. The molecule has 0 aliphatic rings. The maximum Gasteiger partial charge on any atom is 0.174 e. The van der Waals surface area contributed by atoms with E-state index in [1.54, 1.807) is 24.3 Å². The summed E-state index contributed by atoms with van der Waals surface area (Å²) in [7, 11) is 0. The molecule has 0 spiro atoms. The molecule has 0 aliphatic heterocycles. The molecule has 0 saturated heterocycles. The van der Waals surface area contributed by atoms with E-state index in [1.165, 1.54) is 6.07 Å². The Labute approximate surface area is 127 Å². The van der Waals surface area contributed by atoms with Crippen LogP contribution in [0, 0.1) is 17.1 Å². The van der Waals surface area contributed by atoms with E-state index in [2.05, 4.69) is 5.32 Å². The minimum absolute atomic E-state index is 0.0195. The van der Waals surface area contributed by atoms with Gasteiger partial charge >= 0.3 is 0 Å². The number of nitrogens with zero attached hydrogens (tertiary/aromatic N) is 1. The van der Waals surface area contributed by atoms with Crippen LogP contribution in [0.3, 0.4) is 0 Å². The molecule has 0 aromatic heterocycles. The van der Waals surface area contributed by atoms with Gasteiger partial charge in [0.15, 0.2) is 6.61 Å². The van der Waals surface area contributed by atoms with Crippen LogP contribution < -0.4 is 10.1 Å². The maximum atomic E-state index is 13.1. The first-order valence-electron chi connectivity index (χ1n) is 6.41. The highest BCUT2D eigenvalue weighted by molar-refractivity contribution is 6.30. The number of benzene rings is 2. The number of nitrogens with one attached hydrogen (secondary N) is 1. The maximum absolute atomic E-state index is 13.1. The summed E-state index contributed by atoms with van der Waals surface area (Å²) in [6, 6.07) is 13.8. The number of halogens is 2. The first-order chi connectivity index (χ1) is 10.1. The number of rotatable bonds is 5. The second kappa shape index (κ2) is 6.96. The Morgan fingerprint density at radius 1 is 1.29 bits per heavy atom. The molecule has 108 valence electrons. The van der Waals surface area contributed by atoms with Crippen molar-refractivity contribution in [2.24, 2.45) is 0 Å². The van der Waals surface area contributed by atoms with Crippen LogP contribution in [0.5, 0.6) is 5.75 Å². The van der Waals surface area contributed by atoms with Gasteiger partial charge in [0.1, 0.15) is 17.6 Å². The van der Waals surface area contributed by atoms with Crippen LogP contribution in [0.25, 0.3) is 0 Å². The molecule has 0 radical (unpaired) electrons. The van der Waals surface area contributed by atoms with Crippen molar-refractivity contribution in [1.82, 2.24) is 0 Å². The summed E-state index contributed by atoms with van der Waals surface area (Å²) in [5.41, 5.74) is 1.79. The quantitative estimate of drug-likeness (QED) is 0.881. The van der Waals surface area contributed by atoms with Crippen LogP contribution in [0.15, 0.2) is 42.5 Å². The van der Waals surface area contributed by atoms with Gasteiger partial charge in [-0.25, -0.2) is 4.39 Å². The van der Waals surface area contributed by atoms with Gasteiger partial charge in [0.2, 0.25) is 0 Å². The predicted octanol–water partition coefficient (Wildman–Crippen LogP) is 4.55. The number of ether oxygens (including phenoxy) is 1. The van der Waals surface area contributed by atoms with E-state index in [4.69, 9.17) is 21.6 Å². The fraction of sp³-hybridized carbons (Fsp3) is 0.188. The second-order valence-corrected chi connectivity index (χ2v) is 4.92. The topological polar surface area (TPSA) is 45.0 Å². The fourth-order valence-corrected chi connectivity index (χ4v) is 2.07. The minimum Gasteiger partial charge on any atom is -0.479 e. The van der Waals surface area contributed by atoms with E-state index in [-0.39, 0.29) is 17.7 Å². The van der Waals surface area contributed by atoms with Crippen LogP contribution in [0.4, 0.5) is 10.1 Å². The average Bonchev–Trinajstić information content (AvgIpc) is 2.49. The number of hydrogen-bond acceptors (Lipinski definition) is 3. The zero-order valence-corrected chi connectivity index (χ0v) is 12.2. The molecule has 1 unspecified atom stereocenters. The lowest BCUT2D eigenvalue weighted by Gasteiger charge is -2.16. The average molecular weight is 305 g/mol. The molecule has 0 bridgehead atoms. The van der Waals surface area contributed by atoms with Crippen molar-refractivity contribution >= 4 is 17.3 Å². The van der Waals surface area contributed by atoms with Gasteiger partial charge in [0.25, 0.3) is 0 Å². The Morgan fingerprint density at radius 3 is 2.62 bits per heavy atom. The number of nitriles is 1. The summed E-state index contributed by atoms with van der Waals surface area (Å²) in [6.45, 7) is 1.99. The van der Waals surface area contributed by atoms with Crippen LogP contribution >= 0.6 is 11.6 Å². The largest absolute Gasteiger partial charge is 0.479 e. The molecule has 1 N–H and O–H groups in total. The van der Waals surface area contributed by atoms with E-state index in [9.17, 15) is 4.39 Å². The Morgan fingerprint density at radius 2 is 2.00 bits per heavy atom. The summed E-state index contributed by atoms with van der Waals surface area (Å²) >= 11 is 5.78. The zero-order valence-electron chi connectivity index (χ0n) is 11.4. The van der Waals surface area contributed by atoms with Crippen molar-refractivity contribution in [2.45, 2.75) is 13.0 Å². The Balaban J connectivity index is 2.03. The van der Waals surface area contributed by atoms with Crippen molar-refractivity contribution in [3.63, 3.8) is 0 Å². The molecule has 3 nitrogen and oxygen atoms in total. The van der Waals surface area contributed by atoms with Gasteiger partial charge < -0.3 is 10.1 Å². The van der Waals surface area contributed by atoms with E-state index < -0.39 is 5.82 Å². The number of anilines is 1. The summed E-state index contributed by atoms with van der Waals surface area (Å²) in [5.74, 6) is 0.214. The van der Waals surface area contributed by atoms with E-state index in [1.807, 2.05) is 25.1 Å². The van der Waals surface area contributed by atoms with Gasteiger partial charge in [-0.15, -0.1) is 0 Å². The van der Waals surface area contributed by atoms with Gasteiger partial charge in [-0.3, -0.25) is 0 Å². The normalized spacial score (nSPS) is 11.5. The summed E-state index contributed by atoms with van der Waals surface area (Å²) < 4.78 is 18.3. The minimum atomic E-state index is -0.424. The number of hydrogen-bond donors (Lipinski definition) is 1. The third kappa shape index (κ3) is 4.11. The Hall–Kier alpha value is -2.25. The molecule has 5 heteroatoms. The molecule has 21 heavy (non-hydrogen) atoms. The Kier molecular flexibility index (Phi) is 5.02. The van der Waals surface area contributed by atoms with Gasteiger partial charge in [-0.05, 0) is 48.9 Å². The lowest BCUT2D eigenvalue weighted by Crippen LogP contribution is -2.06. The highest BCUT2D eigenvalue weighted by Crippen LogP contribution is 2.24. The van der Waals surface area contributed by atoms with E-state index in [0.29, 0.717) is 5.75 Å². The summed E-state index contributed by atoms with van der Waals surface area (Å²) in [6.07, 6.45) is 0. The van der Waals surface area contributed by atoms with Gasteiger partial charge in [-0.2, -0.15) is 5.26 Å².